The average molecular weight is 294 g/mol. The minimum Gasteiger partial charge on any atom is -0.339 e. The molecule has 3 heteroatoms. The predicted molar refractivity (Wildman–Crippen MR) is 84.1 cm³/mol. The van der Waals surface area contributed by atoms with E-state index in [0.717, 1.165) is 32.2 Å². The number of aryl methyl sites for hydroxylation is 1. The molecule has 1 heterocycles. The molecule has 1 aliphatic rings. The summed E-state index contributed by atoms with van der Waals surface area (Å²) in [5, 5.41) is 0. The van der Waals surface area contributed by atoms with Gasteiger partial charge in [0.1, 0.15) is 0 Å². The normalized spacial score (nSPS) is 19.6. The van der Waals surface area contributed by atoms with E-state index in [9.17, 15) is 4.79 Å². The van der Waals surface area contributed by atoms with Crippen molar-refractivity contribution in [3.63, 3.8) is 0 Å². The number of amides is 1. The Hall–Kier alpha value is -1.02. The van der Waals surface area contributed by atoms with Crippen LogP contribution in [0.25, 0.3) is 0 Å². The van der Waals surface area contributed by atoms with Crippen LogP contribution in [0, 0.1) is 0 Å². The van der Waals surface area contributed by atoms with E-state index in [-0.39, 0.29) is 11.9 Å². The Bertz CT molecular complexity index is 407. The molecule has 0 aromatic heterocycles. The summed E-state index contributed by atoms with van der Waals surface area (Å²) in [5.74, 6) is 0.859. The van der Waals surface area contributed by atoms with E-state index in [2.05, 4.69) is 24.3 Å². The quantitative estimate of drug-likeness (QED) is 0.751. The zero-order chi connectivity index (χ0) is 14.2. The van der Waals surface area contributed by atoms with Gasteiger partial charge in [0.05, 0.1) is 0 Å². The van der Waals surface area contributed by atoms with Gasteiger partial charge >= 0.3 is 0 Å². The molecule has 0 N–H and O–H groups in total. The summed E-state index contributed by atoms with van der Waals surface area (Å²) in [6, 6.07) is 10.6. The van der Waals surface area contributed by atoms with Gasteiger partial charge in [-0.15, -0.1) is 11.6 Å². The molecular weight excluding hydrogens is 270 g/mol. The third-order valence-corrected chi connectivity index (χ3v) is 4.43. The van der Waals surface area contributed by atoms with Gasteiger partial charge < -0.3 is 4.90 Å². The number of halogens is 1. The van der Waals surface area contributed by atoms with Crippen molar-refractivity contribution in [2.75, 3.05) is 12.4 Å². The van der Waals surface area contributed by atoms with Crippen LogP contribution < -0.4 is 0 Å². The molecular formula is C17H24ClNO. The van der Waals surface area contributed by atoms with Gasteiger partial charge in [-0.3, -0.25) is 4.79 Å². The van der Waals surface area contributed by atoms with Gasteiger partial charge in [-0.2, -0.15) is 0 Å². The van der Waals surface area contributed by atoms with E-state index in [1.807, 2.05) is 11.0 Å². The summed E-state index contributed by atoms with van der Waals surface area (Å²) < 4.78 is 0. The van der Waals surface area contributed by atoms with Gasteiger partial charge in [-0.1, -0.05) is 43.2 Å². The zero-order valence-electron chi connectivity index (χ0n) is 12.1. The number of alkyl halides is 1. The third-order valence-electron chi connectivity index (χ3n) is 4.07. The average Bonchev–Trinajstić information content (AvgIpc) is 2.73. The predicted octanol–water partition coefficient (Wildman–Crippen LogP) is 4.02. The van der Waals surface area contributed by atoms with Gasteiger partial charge in [-0.25, -0.2) is 0 Å². The number of hydrogen-bond donors (Lipinski definition) is 0. The Balaban J connectivity index is 1.80. The van der Waals surface area contributed by atoms with Crippen molar-refractivity contribution in [1.29, 1.82) is 0 Å². The van der Waals surface area contributed by atoms with Crippen molar-refractivity contribution in [3.05, 3.63) is 35.9 Å². The zero-order valence-corrected chi connectivity index (χ0v) is 12.8. The first-order valence-electron chi connectivity index (χ1n) is 7.70. The molecule has 1 aromatic rings. The van der Waals surface area contributed by atoms with E-state index in [1.165, 1.54) is 18.4 Å². The maximum absolute atomic E-state index is 12.4. The van der Waals surface area contributed by atoms with E-state index < -0.39 is 0 Å². The standard InChI is InChI=1S/C17H24ClNO/c18-14-16-11-5-2-6-13-19(16)17(20)12-7-10-15-8-3-1-4-9-15/h1,3-4,8-9,16H,2,5-7,10-14H2. The fraction of sp³-hybridized carbons (Fsp3) is 0.588. The Morgan fingerprint density at radius 2 is 2.00 bits per heavy atom. The van der Waals surface area contributed by atoms with Crippen LogP contribution in [0.3, 0.4) is 0 Å². The van der Waals surface area contributed by atoms with E-state index in [1.54, 1.807) is 0 Å². The fourth-order valence-corrected chi connectivity index (χ4v) is 3.22. The van der Waals surface area contributed by atoms with Crippen molar-refractivity contribution >= 4 is 17.5 Å². The molecule has 110 valence electrons. The molecule has 0 bridgehead atoms. The first-order chi connectivity index (χ1) is 9.81. The lowest BCUT2D eigenvalue weighted by atomic mass is 10.1. The number of rotatable bonds is 5. The molecule has 1 fully saturated rings. The first-order valence-corrected chi connectivity index (χ1v) is 8.24. The number of hydrogen-bond acceptors (Lipinski definition) is 1. The molecule has 2 nitrogen and oxygen atoms in total. The maximum atomic E-state index is 12.4. The second-order valence-corrected chi connectivity index (χ2v) is 5.89. The summed E-state index contributed by atoms with van der Waals surface area (Å²) in [5.41, 5.74) is 1.31. The van der Waals surface area contributed by atoms with Crippen LogP contribution in [0.4, 0.5) is 0 Å². The number of benzene rings is 1. The van der Waals surface area contributed by atoms with Crippen molar-refractivity contribution in [3.8, 4) is 0 Å². The maximum Gasteiger partial charge on any atom is 0.222 e. The number of carbonyl (C=O) groups excluding carboxylic acids is 1. The lowest BCUT2D eigenvalue weighted by molar-refractivity contribution is -0.133. The van der Waals surface area contributed by atoms with Crippen LogP contribution in [0.1, 0.15) is 44.1 Å². The van der Waals surface area contributed by atoms with Crippen LogP contribution in [0.2, 0.25) is 0 Å². The number of likely N-dealkylation sites (tertiary alicyclic amines) is 1. The molecule has 1 saturated heterocycles. The van der Waals surface area contributed by atoms with Crippen molar-refractivity contribution in [2.24, 2.45) is 0 Å². The minimum atomic E-state index is 0.253. The topological polar surface area (TPSA) is 20.3 Å². The van der Waals surface area contributed by atoms with E-state index in [4.69, 9.17) is 11.6 Å². The Morgan fingerprint density at radius 3 is 2.75 bits per heavy atom. The monoisotopic (exact) mass is 293 g/mol. The highest BCUT2D eigenvalue weighted by molar-refractivity contribution is 6.18. The molecule has 1 aromatic carbocycles. The molecule has 0 radical (unpaired) electrons. The van der Waals surface area contributed by atoms with Gasteiger partial charge in [0, 0.05) is 24.9 Å². The SMILES string of the molecule is O=C(CCCc1ccccc1)N1CCCCCC1CCl. The molecule has 1 aliphatic heterocycles. The molecule has 1 atom stereocenters. The van der Waals surface area contributed by atoms with Crippen LogP contribution in [-0.4, -0.2) is 29.3 Å². The second-order valence-electron chi connectivity index (χ2n) is 5.58. The van der Waals surface area contributed by atoms with Crippen LogP contribution >= 0.6 is 11.6 Å². The van der Waals surface area contributed by atoms with Crippen molar-refractivity contribution < 1.29 is 4.79 Å². The lowest BCUT2D eigenvalue weighted by Crippen LogP contribution is -2.41. The van der Waals surface area contributed by atoms with Crippen molar-refractivity contribution in [2.45, 2.75) is 51.0 Å². The Kier molecular flexibility index (Phi) is 6.38. The number of carbonyl (C=O) groups is 1. The molecule has 0 aliphatic carbocycles. The lowest BCUT2D eigenvalue weighted by Gasteiger charge is -2.28. The van der Waals surface area contributed by atoms with Crippen LogP contribution in [0.15, 0.2) is 30.3 Å². The summed E-state index contributed by atoms with van der Waals surface area (Å²) in [4.78, 5) is 14.4. The smallest absolute Gasteiger partial charge is 0.222 e. The van der Waals surface area contributed by atoms with Gasteiger partial charge in [0.25, 0.3) is 0 Å². The van der Waals surface area contributed by atoms with E-state index in [0.29, 0.717) is 12.3 Å². The first kappa shape index (κ1) is 15.4. The highest BCUT2D eigenvalue weighted by atomic mass is 35.5. The highest BCUT2D eigenvalue weighted by Crippen LogP contribution is 2.19. The summed E-state index contributed by atoms with van der Waals surface area (Å²) >= 11 is 6.03. The van der Waals surface area contributed by atoms with Gasteiger partial charge in [-0.05, 0) is 31.2 Å². The van der Waals surface area contributed by atoms with Gasteiger partial charge in [0.15, 0.2) is 0 Å². The molecule has 20 heavy (non-hydrogen) atoms. The van der Waals surface area contributed by atoms with Gasteiger partial charge in [0.2, 0.25) is 5.91 Å². The largest absolute Gasteiger partial charge is 0.339 e. The third kappa shape index (κ3) is 4.52. The van der Waals surface area contributed by atoms with Crippen molar-refractivity contribution in [1.82, 2.24) is 4.90 Å². The van der Waals surface area contributed by atoms with Crippen LogP contribution in [-0.2, 0) is 11.2 Å². The molecule has 1 unspecified atom stereocenters. The molecule has 0 spiro atoms. The molecule has 2 rings (SSSR count). The summed E-state index contributed by atoms with van der Waals surface area (Å²) in [7, 11) is 0. The van der Waals surface area contributed by atoms with Crippen LogP contribution in [0.5, 0.6) is 0 Å². The fourth-order valence-electron chi connectivity index (χ4n) is 2.90. The molecule has 1 amide bonds. The highest BCUT2D eigenvalue weighted by Gasteiger charge is 2.23. The summed E-state index contributed by atoms with van der Waals surface area (Å²) in [6.07, 6.45) is 7.15. The summed E-state index contributed by atoms with van der Waals surface area (Å²) in [6.45, 7) is 0.890. The minimum absolute atomic E-state index is 0.253. The molecule has 0 saturated carbocycles. The second kappa shape index (κ2) is 8.31. The Labute approximate surface area is 127 Å². The Morgan fingerprint density at radius 1 is 1.20 bits per heavy atom. The van der Waals surface area contributed by atoms with E-state index >= 15 is 0 Å². The number of nitrogens with zero attached hydrogens (tertiary/aromatic N) is 1.